The van der Waals surface area contributed by atoms with Crippen molar-refractivity contribution in [1.29, 1.82) is 0 Å². The summed E-state index contributed by atoms with van der Waals surface area (Å²) in [6.45, 7) is 4.17. The molecule has 0 saturated heterocycles. The van der Waals surface area contributed by atoms with E-state index in [0.29, 0.717) is 17.3 Å². The van der Waals surface area contributed by atoms with Crippen LogP contribution in [0.4, 0.5) is 0 Å². The Morgan fingerprint density at radius 1 is 1.14 bits per heavy atom. The van der Waals surface area contributed by atoms with Crippen molar-refractivity contribution < 1.29 is 28.5 Å². The minimum atomic E-state index is -0.435. The van der Waals surface area contributed by atoms with Crippen molar-refractivity contribution in [2.45, 2.75) is 32.0 Å². The molecule has 0 spiro atoms. The number of hydrogen-bond donors (Lipinski definition) is 0. The van der Waals surface area contributed by atoms with Crippen molar-refractivity contribution in [1.82, 2.24) is 0 Å². The molecular formula is C23H28O6. The normalized spacial score (nSPS) is 28.1. The number of benzene rings is 1. The monoisotopic (exact) mass is 400 g/mol. The van der Waals surface area contributed by atoms with E-state index in [1.165, 1.54) is 6.08 Å². The highest BCUT2D eigenvalue weighted by Crippen LogP contribution is 2.42. The first-order valence-corrected chi connectivity index (χ1v) is 9.52. The van der Waals surface area contributed by atoms with Crippen LogP contribution in [-0.2, 0) is 19.0 Å². The first-order valence-electron chi connectivity index (χ1n) is 9.52. The molecule has 1 heterocycles. The molecular weight excluding hydrogens is 372 g/mol. The lowest BCUT2D eigenvalue weighted by Crippen LogP contribution is -2.49. The summed E-state index contributed by atoms with van der Waals surface area (Å²) < 4.78 is 27.6. The lowest BCUT2D eigenvalue weighted by molar-refractivity contribution is -0.132. The molecule has 6 heteroatoms. The molecule has 1 aliphatic heterocycles. The van der Waals surface area contributed by atoms with Gasteiger partial charge < -0.3 is 23.7 Å². The van der Waals surface area contributed by atoms with E-state index in [1.807, 2.05) is 37.3 Å². The highest BCUT2D eigenvalue weighted by Gasteiger charge is 2.43. The lowest BCUT2D eigenvalue weighted by atomic mass is 9.74. The highest BCUT2D eigenvalue weighted by molar-refractivity contribution is 5.91. The fraction of sp³-hybridized carbons (Fsp3) is 0.435. The van der Waals surface area contributed by atoms with E-state index < -0.39 is 5.60 Å². The lowest BCUT2D eigenvalue weighted by Gasteiger charge is -2.43. The molecule has 6 nitrogen and oxygen atoms in total. The highest BCUT2D eigenvalue weighted by atomic mass is 16.5. The van der Waals surface area contributed by atoms with Crippen LogP contribution in [0.25, 0.3) is 6.08 Å². The van der Waals surface area contributed by atoms with Crippen LogP contribution in [0, 0.1) is 5.92 Å². The zero-order chi connectivity index (χ0) is 21.2. The first kappa shape index (κ1) is 21.1. The second-order valence-corrected chi connectivity index (χ2v) is 7.44. The van der Waals surface area contributed by atoms with Gasteiger partial charge in [-0.3, -0.25) is 0 Å². The van der Waals surface area contributed by atoms with E-state index in [2.05, 4.69) is 6.92 Å². The molecule has 1 aliphatic carbocycles. The van der Waals surface area contributed by atoms with Crippen molar-refractivity contribution in [2.75, 3.05) is 28.4 Å². The average Bonchev–Trinajstić information content (AvgIpc) is 3.09. The maximum Gasteiger partial charge on any atom is 0.336 e. The van der Waals surface area contributed by atoms with Crippen LogP contribution in [0.2, 0.25) is 0 Å². The molecule has 0 fully saturated rings. The van der Waals surface area contributed by atoms with Gasteiger partial charge in [-0.15, -0.1) is 0 Å². The summed E-state index contributed by atoms with van der Waals surface area (Å²) in [4.78, 5) is 12.1. The van der Waals surface area contributed by atoms with Gasteiger partial charge in [0, 0.05) is 25.9 Å². The Kier molecular flexibility index (Phi) is 6.15. The van der Waals surface area contributed by atoms with Crippen LogP contribution in [-0.4, -0.2) is 46.1 Å². The van der Waals surface area contributed by atoms with E-state index >= 15 is 0 Å². The summed E-state index contributed by atoms with van der Waals surface area (Å²) in [5.41, 5.74) is 2.19. The van der Waals surface area contributed by atoms with Crippen LogP contribution in [0.3, 0.4) is 0 Å². The molecule has 1 aromatic rings. The van der Waals surface area contributed by atoms with E-state index in [9.17, 15) is 4.79 Å². The van der Waals surface area contributed by atoms with Crippen molar-refractivity contribution in [3.8, 4) is 11.5 Å². The SMILES string of the molecule is COc1ccc(C=C2OC(=O)C=C2C2=CC(OC)C(C)(OC)C(C)C2)cc1OC. The van der Waals surface area contributed by atoms with Crippen molar-refractivity contribution in [3.05, 3.63) is 52.8 Å². The van der Waals surface area contributed by atoms with Crippen molar-refractivity contribution >= 4 is 12.0 Å². The maximum absolute atomic E-state index is 12.1. The molecule has 0 radical (unpaired) electrons. The summed E-state index contributed by atoms with van der Waals surface area (Å²) in [5.74, 6) is 1.57. The number of carbonyl (C=O) groups excluding carboxylic acids is 1. The fourth-order valence-electron chi connectivity index (χ4n) is 3.88. The molecule has 0 N–H and O–H groups in total. The zero-order valence-electron chi connectivity index (χ0n) is 17.8. The molecule has 29 heavy (non-hydrogen) atoms. The minimum absolute atomic E-state index is 0.191. The number of hydrogen-bond acceptors (Lipinski definition) is 6. The quantitative estimate of drug-likeness (QED) is 0.675. The van der Waals surface area contributed by atoms with Gasteiger partial charge in [0.1, 0.15) is 11.9 Å². The molecule has 2 aliphatic rings. The summed E-state index contributed by atoms with van der Waals surface area (Å²) >= 11 is 0. The van der Waals surface area contributed by atoms with E-state index in [-0.39, 0.29) is 18.0 Å². The molecule has 0 saturated carbocycles. The van der Waals surface area contributed by atoms with Crippen LogP contribution in [0.1, 0.15) is 25.8 Å². The third-order valence-corrected chi connectivity index (χ3v) is 5.91. The van der Waals surface area contributed by atoms with E-state index in [0.717, 1.165) is 23.1 Å². The number of carbonyl (C=O) groups is 1. The number of methoxy groups -OCH3 is 4. The molecule has 3 unspecified atom stereocenters. The number of allylic oxidation sites excluding steroid dienone is 1. The molecule has 0 aromatic heterocycles. The number of cyclic esters (lactones) is 1. The van der Waals surface area contributed by atoms with E-state index in [1.54, 1.807) is 28.4 Å². The second-order valence-electron chi connectivity index (χ2n) is 7.44. The van der Waals surface area contributed by atoms with Crippen molar-refractivity contribution in [2.24, 2.45) is 5.92 Å². The van der Waals surface area contributed by atoms with Crippen LogP contribution in [0.15, 0.2) is 47.3 Å². The molecule has 3 atom stereocenters. The van der Waals surface area contributed by atoms with Crippen LogP contribution < -0.4 is 9.47 Å². The van der Waals surface area contributed by atoms with Gasteiger partial charge in [-0.2, -0.15) is 0 Å². The minimum Gasteiger partial charge on any atom is -0.493 e. The first-order chi connectivity index (χ1) is 13.9. The summed E-state index contributed by atoms with van der Waals surface area (Å²) in [5, 5.41) is 0. The molecule has 3 rings (SSSR count). The summed E-state index contributed by atoms with van der Waals surface area (Å²) in [6, 6.07) is 5.54. The Bertz CT molecular complexity index is 881. The topological polar surface area (TPSA) is 63.2 Å². The molecule has 156 valence electrons. The van der Waals surface area contributed by atoms with Gasteiger partial charge in [0.2, 0.25) is 0 Å². The van der Waals surface area contributed by atoms with Gasteiger partial charge in [0.15, 0.2) is 11.5 Å². The van der Waals surface area contributed by atoms with Crippen LogP contribution in [0.5, 0.6) is 11.5 Å². The number of rotatable bonds is 6. The van der Waals surface area contributed by atoms with Gasteiger partial charge in [-0.05, 0) is 54.7 Å². The summed E-state index contributed by atoms with van der Waals surface area (Å²) in [6.07, 6.45) is 5.91. The Morgan fingerprint density at radius 2 is 1.86 bits per heavy atom. The van der Waals surface area contributed by atoms with Gasteiger partial charge in [-0.1, -0.05) is 13.0 Å². The molecule has 0 amide bonds. The Hall–Kier alpha value is -2.57. The van der Waals surface area contributed by atoms with E-state index in [4.69, 9.17) is 23.7 Å². The Morgan fingerprint density at radius 3 is 2.48 bits per heavy atom. The van der Waals surface area contributed by atoms with Gasteiger partial charge >= 0.3 is 5.97 Å². The number of ether oxygens (including phenoxy) is 5. The largest absolute Gasteiger partial charge is 0.493 e. The third-order valence-electron chi connectivity index (χ3n) is 5.91. The predicted molar refractivity (Wildman–Crippen MR) is 110 cm³/mol. The number of esters is 1. The molecule has 1 aromatic carbocycles. The smallest absolute Gasteiger partial charge is 0.336 e. The zero-order valence-corrected chi connectivity index (χ0v) is 17.8. The van der Waals surface area contributed by atoms with Gasteiger partial charge in [-0.25, -0.2) is 4.79 Å². The second kappa shape index (κ2) is 8.43. The van der Waals surface area contributed by atoms with Gasteiger partial charge in [0.25, 0.3) is 0 Å². The Labute approximate surface area is 171 Å². The van der Waals surface area contributed by atoms with Crippen LogP contribution >= 0.6 is 0 Å². The maximum atomic E-state index is 12.1. The fourth-order valence-corrected chi connectivity index (χ4v) is 3.88. The third kappa shape index (κ3) is 3.95. The average molecular weight is 400 g/mol. The summed E-state index contributed by atoms with van der Waals surface area (Å²) in [7, 11) is 6.54. The van der Waals surface area contributed by atoms with Gasteiger partial charge in [0.05, 0.1) is 19.8 Å². The Balaban J connectivity index is 1.98. The predicted octanol–water partition coefficient (Wildman–Crippen LogP) is 3.91. The van der Waals surface area contributed by atoms with Crippen molar-refractivity contribution in [3.63, 3.8) is 0 Å². The molecule has 0 bridgehead atoms. The standard InChI is InChI=1S/C23H28O6/c1-14-9-16(12-21(27-5)23(14,2)28-6)17-13-22(24)29-19(17)10-15-7-8-18(25-3)20(11-15)26-4/h7-8,10-14,21H,9H2,1-6H3.